The van der Waals surface area contributed by atoms with Crippen LogP contribution in [0.25, 0.3) is 10.9 Å². The fourth-order valence-electron chi connectivity index (χ4n) is 2.18. The summed E-state index contributed by atoms with van der Waals surface area (Å²) in [5, 5.41) is 20.3. The predicted molar refractivity (Wildman–Crippen MR) is 82.6 cm³/mol. The normalized spacial score (nSPS) is 10.8. The molecule has 0 spiro atoms. The Hall–Kier alpha value is -2.21. The molecule has 0 aliphatic carbocycles. The van der Waals surface area contributed by atoms with E-state index in [2.05, 4.69) is 9.88 Å². The van der Waals surface area contributed by atoms with Crippen molar-refractivity contribution in [3.63, 3.8) is 0 Å². The van der Waals surface area contributed by atoms with Crippen LogP contribution in [0.1, 0.15) is 19.3 Å². The monoisotopic (exact) mass is 289 g/mol. The van der Waals surface area contributed by atoms with E-state index in [1.165, 1.54) is 12.1 Å². The van der Waals surface area contributed by atoms with Gasteiger partial charge in [-0.05, 0) is 37.5 Å². The molecule has 2 aromatic rings. The van der Waals surface area contributed by atoms with Crippen molar-refractivity contribution in [2.24, 2.45) is 0 Å². The van der Waals surface area contributed by atoms with Crippen LogP contribution in [0.2, 0.25) is 0 Å². The molecule has 6 nitrogen and oxygen atoms in total. The summed E-state index contributed by atoms with van der Waals surface area (Å²) in [5.41, 5.74) is 0.828. The number of hydrogen-bond donors (Lipinski definition) is 1. The van der Waals surface area contributed by atoms with E-state index >= 15 is 0 Å². The number of aliphatic hydroxyl groups excluding tert-OH is 1. The fraction of sp³-hybridized carbons (Fsp3) is 0.400. The van der Waals surface area contributed by atoms with Crippen molar-refractivity contribution in [1.29, 1.82) is 0 Å². The second-order valence-corrected chi connectivity index (χ2v) is 5.01. The summed E-state index contributed by atoms with van der Waals surface area (Å²) in [6.45, 7) is 1.10. The number of nitro benzene ring substituents is 1. The van der Waals surface area contributed by atoms with E-state index in [1.807, 2.05) is 19.2 Å². The number of pyridine rings is 1. The van der Waals surface area contributed by atoms with Crippen LogP contribution in [0.15, 0.2) is 30.3 Å². The molecule has 2 rings (SSSR count). The van der Waals surface area contributed by atoms with Gasteiger partial charge in [0.05, 0.1) is 10.4 Å². The molecule has 0 radical (unpaired) electrons. The van der Waals surface area contributed by atoms with Crippen molar-refractivity contribution in [3.8, 4) is 0 Å². The van der Waals surface area contributed by atoms with Gasteiger partial charge in [-0.1, -0.05) is 0 Å². The first-order chi connectivity index (χ1) is 10.1. The van der Waals surface area contributed by atoms with Gasteiger partial charge >= 0.3 is 0 Å². The summed E-state index contributed by atoms with van der Waals surface area (Å²) >= 11 is 0. The quantitative estimate of drug-likeness (QED) is 0.481. The van der Waals surface area contributed by atoms with E-state index in [0.29, 0.717) is 0 Å². The number of aromatic nitrogens is 1. The number of unbranched alkanes of at least 4 members (excludes halogenated alkanes) is 2. The molecule has 0 atom stereocenters. The van der Waals surface area contributed by atoms with E-state index in [1.54, 1.807) is 6.07 Å². The molecule has 0 saturated carbocycles. The largest absolute Gasteiger partial charge is 0.396 e. The number of anilines is 1. The van der Waals surface area contributed by atoms with Crippen molar-refractivity contribution >= 4 is 22.4 Å². The average Bonchev–Trinajstić information content (AvgIpc) is 2.50. The van der Waals surface area contributed by atoms with Crippen molar-refractivity contribution in [2.45, 2.75) is 19.3 Å². The molecule has 0 aliphatic heterocycles. The number of nitrogens with zero attached hydrogens (tertiary/aromatic N) is 3. The van der Waals surface area contributed by atoms with Crippen LogP contribution in [0.3, 0.4) is 0 Å². The first kappa shape index (κ1) is 15.2. The molecular formula is C15H19N3O3. The van der Waals surface area contributed by atoms with E-state index in [0.717, 1.165) is 42.5 Å². The van der Waals surface area contributed by atoms with E-state index in [4.69, 9.17) is 5.11 Å². The zero-order chi connectivity index (χ0) is 15.2. The number of nitro groups is 1. The highest BCUT2D eigenvalue weighted by atomic mass is 16.6. The maximum Gasteiger partial charge on any atom is 0.270 e. The van der Waals surface area contributed by atoms with Crippen LogP contribution >= 0.6 is 0 Å². The van der Waals surface area contributed by atoms with Crippen LogP contribution in [0, 0.1) is 10.1 Å². The summed E-state index contributed by atoms with van der Waals surface area (Å²) in [7, 11) is 1.97. The molecule has 0 saturated heterocycles. The van der Waals surface area contributed by atoms with Crippen LogP contribution in [-0.4, -0.2) is 35.2 Å². The Labute approximate surface area is 123 Å². The Balaban J connectivity index is 2.11. The number of rotatable bonds is 7. The molecule has 112 valence electrons. The minimum Gasteiger partial charge on any atom is -0.396 e. The molecule has 1 heterocycles. The van der Waals surface area contributed by atoms with Crippen LogP contribution in [0.4, 0.5) is 11.5 Å². The van der Waals surface area contributed by atoms with Crippen LogP contribution in [-0.2, 0) is 0 Å². The second-order valence-electron chi connectivity index (χ2n) is 5.01. The molecule has 0 unspecified atom stereocenters. The molecule has 1 N–H and O–H groups in total. The van der Waals surface area contributed by atoms with E-state index in [-0.39, 0.29) is 12.3 Å². The number of benzene rings is 1. The minimum absolute atomic E-state index is 0.0782. The van der Waals surface area contributed by atoms with Gasteiger partial charge in [-0.2, -0.15) is 0 Å². The van der Waals surface area contributed by atoms with E-state index < -0.39 is 4.92 Å². The molecule has 1 aromatic carbocycles. The summed E-state index contributed by atoms with van der Waals surface area (Å²) in [5.74, 6) is 0.848. The van der Waals surface area contributed by atoms with Gasteiger partial charge in [-0.15, -0.1) is 0 Å². The van der Waals surface area contributed by atoms with Crippen molar-refractivity contribution in [1.82, 2.24) is 4.98 Å². The standard InChI is InChI=1S/C15H19N3O3/c1-17(9-3-2-4-10-19)15-8-5-12-11-13(18(20)21)6-7-14(12)16-15/h5-8,11,19H,2-4,9-10H2,1H3. The Morgan fingerprint density at radius 1 is 1.24 bits per heavy atom. The first-order valence-corrected chi connectivity index (χ1v) is 6.99. The molecule has 6 heteroatoms. The first-order valence-electron chi connectivity index (χ1n) is 6.99. The topological polar surface area (TPSA) is 79.5 Å². The average molecular weight is 289 g/mol. The molecule has 21 heavy (non-hydrogen) atoms. The highest BCUT2D eigenvalue weighted by molar-refractivity contribution is 5.82. The lowest BCUT2D eigenvalue weighted by molar-refractivity contribution is -0.384. The van der Waals surface area contributed by atoms with Crippen LogP contribution < -0.4 is 4.90 Å². The molecule has 0 fully saturated rings. The summed E-state index contributed by atoms with van der Waals surface area (Å²) in [4.78, 5) is 16.9. The highest BCUT2D eigenvalue weighted by Gasteiger charge is 2.08. The summed E-state index contributed by atoms with van der Waals surface area (Å²) < 4.78 is 0. The maximum atomic E-state index is 10.8. The molecular weight excluding hydrogens is 270 g/mol. The van der Waals surface area contributed by atoms with Crippen molar-refractivity contribution < 1.29 is 10.0 Å². The van der Waals surface area contributed by atoms with E-state index in [9.17, 15) is 10.1 Å². The maximum absolute atomic E-state index is 10.8. The van der Waals surface area contributed by atoms with Crippen molar-refractivity contribution in [3.05, 3.63) is 40.4 Å². The lowest BCUT2D eigenvalue weighted by atomic mass is 10.2. The third-order valence-corrected chi connectivity index (χ3v) is 3.41. The summed E-state index contributed by atoms with van der Waals surface area (Å²) in [6.07, 6.45) is 2.81. The number of non-ortho nitro benzene ring substituents is 1. The highest BCUT2D eigenvalue weighted by Crippen LogP contribution is 2.22. The molecule has 0 aliphatic rings. The third kappa shape index (κ3) is 3.88. The lowest BCUT2D eigenvalue weighted by Gasteiger charge is -2.18. The third-order valence-electron chi connectivity index (χ3n) is 3.41. The summed E-state index contributed by atoms with van der Waals surface area (Å²) in [6, 6.07) is 8.41. The van der Waals surface area contributed by atoms with Crippen LogP contribution in [0.5, 0.6) is 0 Å². The molecule has 0 bridgehead atoms. The van der Waals surface area contributed by atoms with Gasteiger partial charge in [0.15, 0.2) is 0 Å². The van der Waals surface area contributed by atoms with Crippen molar-refractivity contribution in [2.75, 3.05) is 25.1 Å². The van der Waals surface area contributed by atoms with Gasteiger partial charge in [0.2, 0.25) is 0 Å². The second kappa shape index (κ2) is 6.99. The smallest absolute Gasteiger partial charge is 0.270 e. The zero-order valence-electron chi connectivity index (χ0n) is 12.0. The Morgan fingerprint density at radius 3 is 2.76 bits per heavy atom. The van der Waals surface area contributed by atoms with Gasteiger partial charge in [0.25, 0.3) is 5.69 Å². The fourth-order valence-corrected chi connectivity index (χ4v) is 2.18. The zero-order valence-corrected chi connectivity index (χ0v) is 12.0. The van der Waals surface area contributed by atoms with Gasteiger partial charge in [0.1, 0.15) is 5.82 Å². The lowest BCUT2D eigenvalue weighted by Crippen LogP contribution is -2.19. The Kier molecular flexibility index (Phi) is 5.05. The Bertz CT molecular complexity index is 631. The number of hydrogen-bond acceptors (Lipinski definition) is 5. The SMILES string of the molecule is CN(CCCCCO)c1ccc2cc([N+](=O)[O-])ccc2n1. The van der Waals surface area contributed by atoms with Gasteiger partial charge in [0, 0.05) is 37.7 Å². The van der Waals surface area contributed by atoms with Gasteiger partial charge in [-0.3, -0.25) is 10.1 Å². The number of aliphatic hydroxyl groups is 1. The minimum atomic E-state index is -0.402. The Morgan fingerprint density at radius 2 is 2.05 bits per heavy atom. The molecule has 0 amide bonds. The molecule has 1 aromatic heterocycles. The van der Waals surface area contributed by atoms with Gasteiger partial charge in [-0.25, -0.2) is 4.98 Å². The van der Waals surface area contributed by atoms with Gasteiger partial charge < -0.3 is 10.0 Å². The predicted octanol–water partition coefficient (Wildman–Crippen LogP) is 2.74. The number of fused-ring (bicyclic) bond motifs is 1.